The summed E-state index contributed by atoms with van der Waals surface area (Å²) < 4.78 is 11.3. The lowest BCUT2D eigenvalue weighted by Gasteiger charge is -2.33. The number of nitrogens with zero attached hydrogens (tertiary/aromatic N) is 1. The zero-order valence-corrected chi connectivity index (χ0v) is 17.2. The Bertz CT molecular complexity index is 773. The molecule has 0 N–H and O–H groups in total. The Hall–Kier alpha value is -2.49. The van der Waals surface area contributed by atoms with Crippen LogP contribution >= 0.6 is 0 Å². The van der Waals surface area contributed by atoms with E-state index in [1.165, 1.54) is 5.56 Å². The van der Waals surface area contributed by atoms with Gasteiger partial charge in [-0.15, -0.1) is 0 Å². The van der Waals surface area contributed by atoms with Gasteiger partial charge in [-0.3, -0.25) is 4.79 Å². The highest BCUT2D eigenvalue weighted by Gasteiger charge is 2.26. The second-order valence-electron chi connectivity index (χ2n) is 7.90. The van der Waals surface area contributed by atoms with Crippen LogP contribution in [0.25, 0.3) is 0 Å². The van der Waals surface area contributed by atoms with E-state index in [2.05, 4.69) is 38.1 Å². The van der Waals surface area contributed by atoms with Crippen molar-refractivity contribution in [1.82, 2.24) is 4.90 Å². The van der Waals surface area contributed by atoms with Crippen LogP contribution in [-0.4, -0.2) is 37.6 Å². The molecule has 28 heavy (non-hydrogen) atoms. The summed E-state index contributed by atoms with van der Waals surface area (Å²) in [6.45, 7) is 6.55. The standard InChI is InChI=1S/C24H31NO3/c1-18(2)13-15-28-22-12-11-20(16-23(22)27-3)24(26)25-14-7-10-21(17-25)19-8-5-4-6-9-19/h4-6,8-9,11-12,16,18,21H,7,10,13-15,17H2,1-3H3. The number of ether oxygens (including phenoxy) is 2. The Morgan fingerprint density at radius 3 is 2.64 bits per heavy atom. The van der Waals surface area contributed by atoms with Gasteiger partial charge < -0.3 is 14.4 Å². The average Bonchev–Trinajstić information content (AvgIpc) is 2.74. The first-order valence-electron chi connectivity index (χ1n) is 10.2. The summed E-state index contributed by atoms with van der Waals surface area (Å²) in [6.07, 6.45) is 3.14. The lowest BCUT2D eigenvalue weighted by molar-refractivity contribution is 0.0706. The van der Waals surface area contributed by atoms with Crippen LogP contribution in [0, 0.1) is 5.92 Å². The minimum Gasteiger partial charge on any atom is -0.493 e. The van der Waals surface area contributed by atoms with Crippen LogP contribution in [0.2, 0.25) is 0 Å². The highest BCUT2D eigenvalue weighted by atomic mass is 16.5. The lowest BCUT2D eigenvalue weighted by atomic mass is 9.90. The van der Waals surface area contributed by atoms with Gasteiger partial charge in [0.15, 0.2) is 11.5 Å². The van der Waals surface area contributed by atoms with E-state index in [4.69, 9.17) is 9.47 Å². The molecule has 1 fully saturated rings. The molecule has 1 unspecified atom stereocenters. The SMILES string of the molecule is COc1cc(C(=O)N2CCCC(c3ccccc3)C2)ccc1OCCC(C)C. The molecule has 1 heterocycles. The number of carbonyl (C=O) groups excluding carboxylic acids is 1. The summed E-state index contributed by atoms with van der Waals surface area (Å²) in [7, 11) is 1.62. The number of likely N-dealkylation sites (tertiary alicyclic amines) is 1. The van der Waals surface area contributed by atoms with Crippen molar-refractivity contribution in [3.63, 3.8) is 0 Å². The summed E-state index contributed by atoms with van der Waals surface area (Å²) in [5.41, 5.74) is 1.97. The van der Waals surface area contributed by atoms with Gasteiger partial charge in [-0.25, -0.2) is 0 Å². The number of amides is 1. The molecule has 2 aromatic carbocycles. The molecule has 3 rings (SSSR count). The van der Waals surface area contributed by atoms with Gasteiger partial charge in [0.1, 0.15) is 0 Å². The maximum Gasteiger partial charge on any atom is 0.254 e. The topological polar surface area (TPSA) is 38.8 Å². The molecule has 0 saturated carbocycles. The zero-order chi connectivity index (χ0) is 19.9. The molecule has 4 nitrogen and oxygen atoms in total. The van der Waals surface area contributed by atoms with Crippen LogP contribution in [0.4, 0.5) is 0 Å². The van der Waals surface area contributed by atoms with Crippen molar-refractivity contribution in [3.8, 4) is 11.5 Å². The molecule has 0 aromatic heterocycles. The Morgan fingerprint density at radius 2 is 1.93 bits per heavy atom. The quantitative estimate of drug-likeness (QED) is 0.666. The van der Waals surface area contributed by atoms with E-state index in [0.29, 0.717) is 35.5 Å². The first kappa shape index (κ1) is 20.2. The predicted octanol–water partition coefficient (Wildman–Crippen LogP) is 5.14. The van der Waals surface area contributed by atoms with E-state index in [1.807, 2.05) is 23.1 Å². The monoisotopic (exact) mass is 381 g/mol. The Balaban J connectivity index is 1.69. The summed E-state index contributed by atoms with van der Waals surface area (Å²) in [5.74, 6) is 2.36. The van der Waals surface area contributed by atoms with Gasteiger partial charge in [0.05, 0.1) is 13.7 Å². The van der Waals surface area contributed by atoms with Crippen LogP contribution in [0.5, 0.6) is 11.5 Å². The second-order valence-corrected chi connectivity index (χ2v) is 7.90. The molecule has 1 aliphatic heterocycles. The molecular formula is C24H31NO3. The maximum atomic E-state index is 13.1. The fraction of sp³-hybridized carbons (Fsp3) is 0.458. The first-order valence-corrected chi connectivity index (χ1v) is 10.2. The molecule has 1 amide bonds. The Kier molecular flexibility index (Phi) is 6.96. The molecule has 1 atom stereocenters. The van der Waals surface area contributed by atoms with Crippen molar-refractivity contribution in [3.05, 3.63) is 59.7 Å². The largest absolute Gasteiger partial charge is 0.493 e. The van der Waals surface area contributed by atoms with Crippen molar-refractivity contribution in [1.29, 1.82) is 0 Å². The number of carbonyl (C=O) groups is 1. The molecule has 2 aromatic rings. The van der Waals surface area contributed by atoms with Crippen LogP contribution in [0.1, 0.15) is 54.9 Å². The third-order valence-electron chi connectivity index (χ3n) is 5.34. The number of rotatable bonds is 7. The van der Waals surface area contributed by atoms with Crippen molar-refractivity contribution >= 4 is 5.91 Å². The summed E-state index contributed by atoms with van der Waals surface area (Å²) in [5, 5.41) is 0. The van der Waals surface area contributed by atoms with Gasteiger partial charge in [0.2, 0.25) is 0 Å². The number of piperidine rings is 1. The van der Waals surface area contributed by atoms with Gasteiger partial charge >= 0.3 is 0 Å². The van der Waals surface area contributed by atoms with Crippen LogP contribution in [0.15, 0.2) is 48.5 Å². The molecule has 4 heteroatoms. The molecule has 150 valence electrons. The van der Waals surface area contributed by atoms with E-state index in [0.717, 1.165) is 32.4 Å². The predicted molar refractivity (Wildman–Crippen MR) is 112 cm³/mol. The van der Waals surface area contributed by atoms with E-state index in [9.17, 15) is 4.79 Å². The summed E-state index contributed by atoms with van der Waals surface area (Å²) >= 11 is 0. The lowest BCUT2D eigenvalue weighted by Crippen LogP contribution is -2.39. The number of methoxy groups -OCH3 is 1. The smallest absolute Gasteiger partial charge is 0.254 e. The third-order valence-corrected chi connectivity index (χ3v) is 5.34. The van der Waals surface area contributed by atoms with Gasteiger partial charge in [-0.1, -0.05) is 44.2 Å². The van der Waals surface area contributed by atoms with Gasteiger partial charge in [0, 0.05) is 24.6 Å². The fourth-order valence-electron chi connectivity index (χ4n) is 3.67. The first-order chi connectivity index (χ1) is 13.6. The Labute approximate surface area is 168 Å². The molecule has 1 saturated heterocycles. The highest BCUT2D eigenvalue weighted by molar-refractivity contribution is 5.95. The van der Waals surface area contributed by atoms with E-state index in [1.54, 1.807) is 13.2 Å². The highest BCUT2D eigenvalue weighted by Crippen LogP contribution is 2.31. The summed E-state index contributed by atoms with van der Waals surface area (Å²) in [4.78, 5) is 15.1. The van der Waals surface area contributed by atoms with E-state index >= 15 is 0 Å². The van der Waals surface area contributed by atoms with Crippen molar-refractivity contribution < 1.29 is 14.3 Å². The van der Waals surface area contributed by atoms with Crippen molar-refractivity contribution in [2.75, 3.05) is 26.8 Å². The van der Waals surface area contributed by atoms with Gasteiger partial charge in [-0.05, 0) is 48.9 Å². The van der Waals surface area contributed by atoms with Crippen LogP contribution in [0.3, 0.4) is 0 Å². The van der Waals surface area contributed by atoms with Crippen molar-refractivity contribution in [2.24, 2.45) is 5.92 Å². The number of hydrogen-bond acceptors (Lipinski definition) is 3. The average molecular weight is 382 g/mol. The molecule has 0 radical (unpaired) electrons. The Morgan fingerprint density at radius 1 is 1.14 bits per heavy atom. The summed E-state index contributed by atoms with van der Waals surface area (Å²) in [6, 6.07) is 16.0. The molecule has 0 bridgehead atoms. The molecule has 0 spiro atoms. The van der Waals surface area contributed by atoms with Crippen LogP contribution < -0.4 is 9.47 Å². The third kappa shape index (κ3) is 5.06. The fourth-order valence-corrected chi connectivity index (χ4v) is 3.67. The van der Waals surface area contributed by atoms with Gasteiger partial charge in [0.25, 0.3) is 5.91 Å². The van der Waals surface area contributed by atoms with E-state index in [-0.39, 0.29) is 5.91 Å². The number of hydrogen-bond donors (Lipinski definition) is 0. The van der Waals surface area contributed by atoms with Crippen LogP contribution in [-0.2, 0) is 0 Å². The molecule has 1 aliphatic rings. The van der Waals surface area contributed by atoms with E-state index < -0.39 is 0 Å². The number of benzene rings is 2. The van der Waals surface area contributed by atoms with Gasteiger partial charge in [-0.2, -0.15) is 0 Å². The molecule has 0 aliphatic carbocycles. The normalized spacial score (nSPS) is 16.9. The minimum atomic E-state index is 0.0626. The minimum absolute atomic E-state index is 0.0626. The molecular weight excluding hydrogens is 350 g/mol. The maximum absolute atomic E-state index is 13.1. The van der Waals surface area contributed by atoms with Crippen molar-refractivity contribution in [2.45, 2.75) is 39.0 Å². The second kappa shape index (κ2) is 9.63. The zero-order valence-electron chi connectivity index (χ0n) is 17.2.